The van der Waals surface area contributed by atoms with E-state index in [-0.39, 0.29) is 17.9 Å². The average Bonchev–Trinajstić information content (AvgIpc) is 2.40. The highest BCUT2D eigenvalue weighted by molar-refractivity contribution is 7.91. The van der Waals surface area contributed by atoms with Crippen LogP contribution in [0.5, 0.6) is 0 Å². The average molecular weight is 318 g/mol. The molecular formula is C14H20ClNO3S. The smallest absolute Gasteiger partial charge is 0.179 e. The van der Waals surface area contributed by atoms with E-state index in [2.05, 4.69) is 11.8 Å². The Morgan fingerprint density at radius 2 is 1.95 bits per heavy atom. The summed E-state index contributed by atoms with van der Waals surface area (Å²) in [6.45, 7) is 6.02. The molecule has 2 rings (SSSR count). The van der Waals surface area contributed by atoms with Gasteiger partial charge in [0.15, 0.2) is 9.84 Å². The minimum absolute atomic E-state index is 0.117. The molecule has 0 spiro atoms. The summed E-state index contributed by atoms with van der Waals surface area (Å²) in [5, 5.41) is 0.541. The Morgan fingerprint density at radius 3 is 2.60 bits per heavy atom. The molecule has 1 heterocycles. The molecule has 4 nitrogen and oxygen atoms in total. The topological polar surface area (TPSA) is 46.6 Å². The highest BCUT2D eigenvalue weighted by Gasteiger charge is 2.25. The number of ether oxygens (including phenoxy) is 1. The zero-order chi connectivity index (χ0) is 14.8. The summed E-state index contributed by atoms with van der Waals surface area (Å²) in [6, 6.07) is 6.58. The first-order chi connectivity index (χ1) is 9.38. The minimum atomic E-state index is -3.26. The number of morpholine rings is 1. The van der Waals surface area contributed by atoms with E-state index in [4.69, 9.17) is 16.3 Å². The molecule has 0 aromatic heterocycles. The van der Waals surface area contributed by atoms with Gasteiger partial charge in [0, 0.05) is 24.2 Å². The van der Waals surface area contributed by atoms with Crippen molar-refractivity contribution in [1.82, 2.24) is 4.90 Å². The number of benzene rings is 1. The summed E-state index contributed by atoms with van der Waals surface area (Å²) < 4.78 is 30.1. The van der Waals surface area contributed by atoms with Gasteiger partial charge in [0.2, 0.25) is 0 Å². The first kappa shape index (κ1) is 15.8. The van der Waals surface area contributed by atoms with Crippen molar-refractivity contribution in [3.05, 3.63) is 29.3 Å². The molecule has 1 aromatic rings. The summed E-state index contributed by atoms with van der Waals surface area (Å²) in [7, 11) is -3.26. The molecule has 1 aliphatic heterocycles. The van der Waals surface area contributed by atoms with E-state index >= 15 is 0 Å². The van der Waals surface area contributed by atoms with Gasteiger partial charge in [0.05, 0.1) is 23.4 Å². The first-order valence-electron chi connectivity index (χ1n) is 6.72. The zero-order valence-electron chi connectivity index (χ0n) is 11.8. The molecule has 2 unspecified atom stereocenters. The second-order valence-electron chi connectivity index (χ2n) is 5.26. The molecule has 0 radical (unpaired) electrons. The molecular weight excluding hydrogens is 298 g/mol. The van der Waals surface area contributed by atoms with Crippen LogP contribution in [0.4, 0.5) is 0 Å². The standard InChI is InChI=1S/C14H20ClNO3S/c1-11-10-19-12(2)9-16(11)7-8-20(17,18)14-5-3-13(15)4-6-14/h3-6,11-12H,7-10H2,1-2H3. The third kappa shape index (κ3) is 3.95. The van der Waals surface area contributed by atoms with Crippen LogP contribution in [0, 0.1) is 0 Å². The second-order valence-corrected chi connectivity index (χ2v) is 7.81. The molecule has 1 saturated heterocycles. The lowest BCUT2D eigenvalue weighted by atomic mass is 10.2. The van der Waals surface area contributed by atoms with E-state index in [1.54, 1.807) is 24.3 Å². The van der Waals surface area contributed by atoms with E-state index in [9.17, 15) is 8.42 Å². The molecule has 112 valence electrons. The second kappa shape index (κ2) is 6.43. The molecule has 20 heavy (non-hydrogen) atoms. The van der Waals surface area contributed by atoms with Crippen molar-refractivity contribution in [2.45, 2.75) is 30.9 Å². The number of nitrogens with zero attached hydrogens (tertiary/aromatic N) is 1. The van der Waals surface area contributed by atoms with Crippen LogP contribution in [-0.2, 0) is 14.6 Å². The van der Waals surface area contributed by atoms with Crippen molar-refractivity contribution in [2.24, 2.45) is 0 Å². The molecule has 1 aliphatic rings. The van der Waals surface area contributed by atoms with Gasteiger partial charge in [-0.1, -0.05) is 11.6 Å². The molecule has 0 bridgehead atoms. The maximum atomic E-state index is 12.3. The number of hydrogen-bond acceptors (Lipinski definition) is 4. The molecule has 0 saturated carbocycles. The van der Waals surface area contributed by atoms with Crippen molar-refractivity contribution in [2.75, 3.05) is 25.4 Å². The predicted molar refractivity (Wildman–Crippen MR) is 80.0 cm³/mol. The first-order valence-corrected chi connectivity index (χ1v) is 8.75. The molecule has 2 atom stereocenters. The van der Waals surface area contributed by atoms with Crippen LogP contribution in [0.3, 0.4) is 0 Å². The Bertz CT molecular complexity index is 544. The molecule has 6 heteroatoms. The van der Waals surface area contributed by atoms with Gasteiger partial charge in [-0.3, -0.25) is 4.90 Å². The van der Waals surface area contributed by atoms with Crippen LogP contribution in [0.2, 0.25) is 5.02 Å². The van der Waals surface area contributed by atoms with Crippen LogP contribution >= 0.6 is 11.6 Å². The van der Waals surface area contributed by atoms with Gasteiger partial charge in [-0.25, -0.2) is 8.42 Å². The summed E-state index contributed by atoms with van der Waals surface area (Å²) in [5.74, 6) is 0.117. The molecule has 1 aromatic carbocycles. The van der Waals surface area contributed by atoms with Gasteiger partial charge < -0.3 is 4.74 Å². The maximum absolute atomic E-state index is 12.3. The fraction of sp³-hybridized carbons (Fsp3) is 0.571. The van der Waals surface area contributed by atoms with Crippen molar-refractivity contribution in [3.8, 4) is 0 Å². The third-order valence-electron chi connectivity index (χ3n) is 3.56. The van der Waals surface area contributed by atoms with E-state index in [1.165, 1.54) is 0 Å². The van der Waals surface area contributed by atoms with Crippen LogP contribution in [-0.4, -0.2) is 50.9 Å². The van der Waals surface area contributed by atoms with Crippen molar-refractivity contribution >= 4 is 21.4 Å². The Balaban J connectivity index is 2.00. The summed E-state index contributed by atoms with van der Waals surface area (Å²) in [6.07, 6.45) is 0.157. The summed E-state index contributed by atoms with van der Waals surface area (Å²) in [4.78, 5) is 2.50. The van der Waals surface area contributed by atoms with Crippen LogP contribution < -0.4 is 0 Å². The number of hydrogen-bond donors (Lipinski definition) is 0. The fourth-order valence-corrected chi connectivity index (χ4v) is 3.67. The normalized spacial score (nSPS) is 24.8. The zero-order valence-corrected chi connectivity index (χ0v) is 13.3. The fourth-order valence-electron chi connectivity index (χ4n) is 2.28. The number of sulfone groups is 1. The predicted octanol–water partition coefficient (Wildman–Crippen LogP) is 2.22. The Kier molecular flexibility index (Phi) is 5.07. The van der Waals surface area contributed by atoms with E-state index in [0.717, 1.165) is 6.54 Å². The van der Waals surface area contributed by atoms with Crippen molar-refractivity contribution < 1.29 is 13.2 Å². The van der Waals surface area contributed by atoms with E-state index in [0.29, 0.717) is 23.1 Å². The van der Waals surface area contributed by atoms with E-state index < -0.39 is 9.84 Å². The van der Waals surface area contributed by atoms with Gasteiger partial charge in [0.25, 0.3) is 0 Å². The SMILES string of the molecule is CC1CN(CCS(=O)(=O)c2ccc(Cl)cc2)C(C)CO1. The highest BCUT2D eigenvalue weighted by atomic mass is 35.5. The molecule has 0 amide bonds. The minimum Gasteiger partial charge on any atom is -0.376 e. The molecule has 0 N–H and O–H groups in total. The van der Waals surface area contributed by atoms with Gasteiger partial charge in [0.1, 0.15) is 0 Å². The van der Waals surface area contributed by atoms with Gasteiger partial charge >= 0.3 is 0 Å². The van der Waals surface area contributed by atoms with Crippen molar-refractivity contribution in [3.63, 3.8) is 0 Å². The lowest BCUT2D eigenvalue weighted by molar-refractivity contribution is -0.0469. The highest BCUT2D eigenvalue weighted by Crippen LogP contribution is 2.17. The summed E-state index contributed by atoms with van der Waals surface area (Å²) in [5.41, 5.74) is 0. The quantitative estimate of drug-likeness (QED) is 0.854. The molecule has 0 aliphatic carbocycles. The monoisotopic (exact) mass is 317 g/mol. The van der Waals surface area contributed by atoms with Crippen LogP contribution in [0.25, 0.3) is 0 Å². The lowest BCUT2D eigenvalue weighted by Gasteiger charge is -2.36. The van der Waals surface area contributed by atoms with Gasteiger partial charge in [-0.05, 0) is 38.1 Å². The van der Waals surface area contributed by atoms with Crippen molar-refractivity contribution in [1.29, 1.82) is 0 Å². The van der Waals surface area contributed by atoms with Crippen LogP contribution in [0.15, 0.2) is 29.2 Å². The lowest BCUT2D eigenvalue weighted by Crippen LogP contribution is -2.48. The summed E-state index contributed by atoms with van der Waals surface area (Å²) >= 11 is 5.78. The third-order valence-corrected chi connectivity index (χ3v) is 5.52. The molecule has 1 fully saturated rings. The maximum Gasteiger partial charge on any atom is 0.179 e. The Labute approximate surface area is 125 Å². The number of rotatable bonds is 4. The van der Waals surface area contributed by atoms with Gasteiger partial charge in [-0.2, -0.15) is 0 Å². The largest absolute Gasteiger partial charge is 0.376 e. The Morgan fingerprint density at radius 1 is 1.30 bits per heavy atom. The van der Waals surface area contributed by atoms with E-state index in [1.807, 2.05) is 6.92 Å². The Hall–Kier alpha value is -0.620. The van der Waals surface area contributed by atoms with Gasteiger partial charge in [-0.15, -0.1) is 0 Å². The number of halogens is 1. The van der Waals surface area contributed by atoms with Crippen LogP contribution in [0.1, 0.15) is 13.8 Å².